The highest BCUT2D eigenvalue weighted by Crippen LogP contribution is 2.43. The maximum absolute atomic E-state index is 14.3. The molecule has 0 saturated carbocycles. The second-order valence-corrected chi connectivity index (χ2v) is 8.46. The molecule has 0 bridgehead atoms. The molecule has 1 atom stereocenters. The van der Waals surface area contributed by atoms with Crippen LogP contribution in [0.15, 0.2) is 42.5 Å². The summed E-state index contributed by atoms with van der Waals surface area (Å²) in [7, 11) is 0. The second kappa shape index (κ2) is 8.09. The number of nitrogens with one attached hydrogen (secondary N) is 1. The van der Waals surface area contributed by atoms with E-state index in [0.29, 0.717) is 5.69 Å². The Kier molecular flexibility index (Phi) is 5.95. The van der Waals surface area contributed by atoms with Gasteiger partial charge in [0.2, 0.25) is 11.8 Å². The Morgan fingerprint density at radius 3 is 2.71 bits per heavy atom. The van der Waals surface area contributed by atoms with Crippen molar-refractivity contribution in [3.05, 3.63) is 59.7 Å². The Morgan fingerprint density at radius 1 is 1.29 bits per heavy atom. The van der Waals surface area contributed by atoms with Crippen LogP contribution in [0.4, 0.5) is 20.2 Å². The molecule has 2 aromatic carbocycles. The minimum Gasteiger partial charge on any atom is -0.326 e. The second-order valence-electron chi connectivity index (χ2n) is 7.12. The van der Waals surface area contributed by atoms with Crippen LogP contribution < -0.4 is 10.2 Å². The quantitative estimate of drug-likeness (QED) is 0.691. The van der Waals surface area contributed by atoms with E-state index >= 15 is 0 Å². The number of hydrogen-bond donors (Lipinski definition) is 1. The standard InChI is InChI=1S/C20H19ClF2N2O2S/c1-20(2,11-21)19(27)24-14-5-3-4-12(8-14)18-25(17(26)10-28-18)16-7-6-13(22)9-15(16)23/h3-9,18H,10-11H2,1-2H3,(H,24,27). The van der Waals surface area contributed by atoms with Gasteiger partial charge in [-0.3, -0.25) is 14.5 Å². The lowest BCUT2D eigenvalue weighted by Crippen LogP contribution is -2.32. The number of hydrogen-bond acceptors (Lipinski definition) is 3. The molecule has 1 heterocycles. The maximum Gasteiger partial charge on any atom is 0.238 e. The zero-order valence-corrected chi connectivity index (χ0v) is 16.9. The fourth-order valence-electron chi connectivity index (χ4n) is 2.74. The van der Waals surface area contributed by atoms with Gasteiger partial charge in [0.25, 0.3) is 0 Å². The third-order valence-corrected chi connectivity index (χ3v) is 6.30. The molecule has 0 aromatic heterocycles. The van der Waals surface area contributed by atoms with Gasteiger partial charge in [-0.1, -0.05) is 12.1 Å². The predicted octanol–water partition coefficient (Wildman–Crippen LogP) is 4.95. The van der Waals surface area contributed by atoms with Crippen LogP contribution in [0.1, 0.15) is 24.8 Å². The topological polar surface area (TPSA) is 49.4 Å². The lowest BCUT2D eigenvalue weighted by Gasteiger charge is -2.25. The molecule has 3 rings (SSSR count). The highest BCUT2D eigenvalue weighted by molar-refractivity contribution is 8.00. The predicted molar refractivity (Wildman–Crippen MR) is 109 cm³/mol. The Balaban J connectivity index is 1.90. The van der Waals surface area contributed by atoms with Crippen molar-refractivity contribution in [3.8, 4) is 0 Å². The first-order valence-corrected chi connectivity index (χ1v) is 10.2. The molecule has 1 fully saturated rings. The van der Waals surface area contributed by atoms with Crippen LogP contribution in [0.3, 0.4) is 0 Å². The average molecular weight is 425 g/mol. The van der Waals surface area contributed by atoms with Crippen LogP contribution in [0.5, 0.6) is 0 Å². The van der Waals surface area contributed by atoms with Crippen molar-refractivity contribution in [2.24, 2.45) is 5.41 Å². The minimum atomic E-state index is -0.797. The van der Waals surface area contributed by atoms with E-state index in [1.165, 1.54) is 22.7 Å². The van der Waals surface area contributed by atoms with Crippen molar-refractivity contribution >= 4 is 46.6 Å². The normalized spacial score (nSPS) is 17.1. The third-order valence-electron chi connectivity index (χ3n) is 4.42. The van der Waals surface area contributed by atoms with Crippen molar-refractivity contribution in [2.45, 2.75) is 19.2 Å². The van der Waals surface area contributed by atoms with E-state index in [9.17, 15) is 18.4 Å². The maximum atomic E-state index is 14.3. The van der Waals surface area contributed by atoms with Gasteiger partial charge in [-0.2, -0.15) is 0 Å². The van der Waals surface area contributed by atoms with E-state index in [1.54, 1.807) is 38.1 Å². The fourth-order valence-corrected chi connectivity index (χ4v) is 4.02. The Hall–Kier alpha value is -2.12. The molecule has 4 nitrogen and oxygen atoms in total. The average Bonchev–Trinajstić information content (AvgIpc) is 3.03. The first-order valence-electron chi connectivity index (χ1n) is 8.59. The molecule has 1 N–H and O–H groups in total. The Labute approximate surface area is 171 Å². The van der Waals surface area contributed by atoms with E-state index < -0.39 is 22.4 Å². The van der Waals surface area contributed by atoms with Crippen molar-refractivity contribution in [3.63, 3.8) is 0 Å². The van der Waals surface area contributed by atoms with Gasteiger partial charge in [0.05, 0.1) is 16.9 Å². The fraction of sp³-hybridized carbons (Fsp3) is 0.300. The molecule has 1 saturated heterocycles. The van der Waals surface area contributed by atoms with Gasteiger partial charge in [0.15, 0.2) is 0 Å². The number of rotatable bonds is 5. The van der Waals surface area contributed by atoms with Crippen molar-refractivity contribution in [2.75, 3.05) is 21.8 Å². The zero-order valence-electron chi connectivity index (χ0n) is 15.3. The van der Waals surface area contributed by atoms with Gasteiger partial charge in [0, 0.05) is 17.6 Å². The van der Waals surface area contributed by atoms with Crippen LogP contribution in [0.2, 0.25) is 0 Å². The lowest BCUT2D eigenvalue weighted by molar-refractivity contribution is -0.123. The lowest BCUT2D eigenvalue weighted by atomic mass is 9.95. The van der Waals surface area contributed by atoms with Crippen LogP contribution >= 0.6 is 23.4 Å². The molecule has 0 aliphatic carbocycles. The molecule has 1 aliphatic rings. The van der Waals surface area contributed by atoms with Gasteiger partial charge >= 0.3 is 0 Å². The molecular weight excluding hydrogens is 406 g/mol. The van der Waals surface area contributed by atoms with Crippen LogP contribution in [0.25, 0.3) is 0 Å². The monoisotopic (exact) mass is 424 g/mol. The van der Waals surface area contributed by atoms with E-state index in [2.05, 4.69) is 5.32 Å². The molecular formula is C20H19ClF2N2O2S. The molecule has 1 aliphatic heterocycles. The van der Waals surface area contributed by atoms with Gasteiger partial charge in [-0.05, 0) is 43.7 Å². The molecule has 2 amide bonds. The number of carbonyl (C=O) groups is 2. The minimum absolute atomic E-state index is 0.0270. The van der Waals surface area contributed by atoms with Crippen molar-refractivity contribution < 1.29 is 18.4 Å². The Morgan fingerprint density at radius 2 is 2.04 bits per heavy atom. The largest absolute Gasteiger partial charge is 0.326 e. The molecule has 8 heteroatoms. The summed E-state index contributed by atoms with van der Waals surface area (Å²) in [4.78, 5) is 26.1. The van der Waals surface area contributed by atoms with Gasteiger partial charge < -0.3 is 5.32 Å². The van der Waals surface area contributed by atoms with Crippen LogP contribution in [-0.4, -0.2) is 23.4 Å². The van der Waals surface area contributed by atoms with Gasteiger partial charge in [-0.25, -0.2) is 8.78 Å². The number of nitrogens with zero attached hydrogens (tertiary/aromatic N) is 1. The summed E-state index contributed by atoms with van der Waals surface area (Å²) in [5.41, 5.74) is 0.569. The number of anilines is 2. The molecule has 28 heavy (non-hydrogen) atoms. The summed E-state index contributed by atoms with van der Waals surface area (Å²) >= 11 is 7.19. The molecule has 0 radical (unpaired) electrons. The van der Waals surface area contributed by atoms with E-state index in [-0.39, 0.29) is 29.1 Å². The summed E-state index contributed by atoms with van der Waals surface area (Å²) in [5.74, 6) is -1.65. The summed E-state index contributed by atoms with van der Waals surface area (Å²) < 4.78 is 27.5. The Bertz CT molecular complexity index is 923. The SMILES string of the molecule is CC(C)(CCl)C(=O)Nc1cccc(C2SCC(=O)N2c2ccc(F)cc2F)c1. The number of benzene rings is 2. The number of halogens is 3. The van der Waals surface area contributed by atoms with E-state index in [0.717, 1.165) is 17.7 Å². The number of alkyl halides is 1. The first-order chi connectivity index (χ1) is 13.2. The number of carbonyl (C=O) groups excluding carboxylic acids is 2. The number of thioether (sulfide) groups is 1. The summed E-state index contributed by atoms with van der Waals surface area (Å²) in [6.07, 6.45) is 0. The molecule has 1 unspecified atom stereocenters. The first kappa shape index (κ1) is 20.6. The third kappa shape index (κ3) is 4.15. The molecule has 148 valence electrons. The van der Waals surface area contributed by atoms with E-state index in [4.69, 9.17) is 11.6 Å². The highest BCUT2D eigenvalue weighted by Gasteiger charge is 2.36. The summed E-state index contributed by atoms with van der Waals surface area (Å²) in [6.45, 7) is 3.48. The van der Waals surface area contributed by atoms with Crippen LogP contribution in [-0.2, 0) is 9.59 Å². The van der Waals surface area contributed by atoms with Crippen molar-refractivity contribution in [1.29, 1.82) is 0 Å². The zero-order chi connectivity index (χ0) is 20.5. The van der Waals surface area contributed by atoms with E-state index in [1.807, 2.05) is 0 Å². The summed E-state index contributed by atoms with van der Waals surface area (Å²) in [5, 5.41) is 2.34. The number of amides is 2. The van der Waals surface area contributed by atoms with Gasteiger partial charge in [-0.15, -0.1) is 23.4 Å². The summed E-state index contributed by atoms with van der Waals surface area (Å²) in [6, 6.07) is 10.2. The van der Waals surface area contributed by atoms with Gasteiger partial charge in [0.1, 0.15) is 17.0 Å². The molecule has 0 spiro atoms. The highest BCUT2D eigenvalue weighted by atomic mass is 35.5. The smallest absolute Gasteiger partial charge is 0.238 e. The van der Waals surface area contributed by atoms with Crippen LogP contribution in [0, 0.1) is 17.0 Å². The van der Waals surface area contributed by atoms with Crippen molar-refractivity contribution in [1.82, 2.24) is 0 Å². The molecule has 2 aromatic rings.